The zero-order valence-corrected chi connectivity index (χ0v) is 7.63. The maximum absolute atomic E-state index is 11.0. The third kappa shape index (κ3) is 2.37. The lowest BCUT2D eigenvalue weighted by Gasteiger charge is -2.08. The highest BCUT2D eigenvalue weighted by molar-refractivity contribution is 5.90. The molecule has 0 heterocycles. The van der Waals surface area contributed by atoms with Crippen molar-refractivity contribution in [1.29, 1.82) is 0 Å². The van der Waals surface area contributed by atoms with E-state index in [1.165, 1.54) is 0 Å². The van der Waals surface area contributed by atoms with Gasteiger partial charge in [-0.25, -0.2) is 4.79 Å². The number of anilines is 1. The average Bonchev–Trinajstić information content (AvgIpc) is 2.18. The largest absolute Gasteiger partial charge is 0.495 e. The van der Waals surface area contributed by atoms with Crippen LogP contribution in [0.2, 0.25) is 0 Å². The molecule has 0 saturated carbocycles. The maximum Gasteiger partial charge on any atom is 0.319 e. The fourth-order valence-corrected chi connectivity index (χ4v) is 0.933. The van der Waals surface area contributed by atoms with Crippen molar-refractivity contribution >= 4 is 11.7 Å². The first kappa shape index (κ1) is 9.38. The van der Waals surface area contributed by atoms with Crippen LogP contribution in [0.25, 0.3) is 0 Å². The summed E-state index contributed by atoms with van der Waals surface area (Å²) in [4.78, 5) is 11.0. The highest BCUT2D eigenvalue weighted by Gasteiger charge is 2.03. The smallest absolute Gasteiger partial charge is 0.319 e. The molecule has 0 radical (unpaired) electrons. The molecule has 0 aliphatic rings. The van der Waals surface area contributed by atoms with E-state index in [0.29, 0.717) is 11.4 Å². The van der Waals surface area contributed by atoms with E-state index in [1.54, 1.807) is 26.3 Å². The van der Waals surface area contributed by atoms with Crippen molar-refractivity contribution < 1.29 is 9.53 Å². The molecule has 2 N–H and O–H groups in total. The van der Waals surface area contributed by atoms with Gasteiger partial charge in [-0.2, -0.15) is 0 Å². The number of hydrogen-bond donors (Lipinski definition) is 2. The first-order chi connectivity index (χ1) is 6.27. The predicted molar refractivity (Wildman–Crippen MR) is 51.1 cm³/mol. The molecule has 4 heteroatoms. The van der Waals surface area contributed by atoms with Gasteiger partial charge >= 0.3 is 6.03 Å². The van der Waals surface area contributed by atoms with Crippen molar-refractivity contribution in [3.8, 4) is 5.75 Å². The number of hydrogen-bond acceptors (Lipinski definition) is 2. The molecule has 0 saturated heterocycles. The molecule has 0 atom stereocenters. The van der Waals surface area contributed by atoms with E-state index >= 15 is 0 Å². The van der Waals surface area contributed by atoms with Crippen molar-refractivity contribution in [3.63, 3.8) is 0 Å². The van der Waals surface area contributed by atoms with E-state index in [9.17, 15) is 4.79 Å². The summed E-state index contributed by atoms with van der Waals surface area (Å²) in [6.07, 6.45) is 0. The van der Waals surface area contributed by atoms with E-state index in [2.05, 4.69) is 10.6 Å². The van der Waals surface area contributed by atoms with Crippen LogP contribution in [-0.2, 0) is 0 Å². The molecule has 1 aromatic carbocycles. The Kier molecular flexibility index (Phi) is 3.14. The Bertz CT molecular complexity index is 299. The van der Waals surface area contributed by atoms with Gasteiger partial charge in [0.15, 0.2) is 0 Å². The maximum atomic E-state index is 11.0. The molecular weight excluding hydrogens is 168 g/mol. The van der Waals surface area contributed by atoms with Crippen molar-refractivity contribution in [2.75, 3.05) is 19.5 Å². The molecule has 4 nitrogen and oxygen atoms in total. The zero-order chi connectivity index (χ0) is 9.68. The number of carbonyl (C=O) groups is 1. The van der Waals surface area contributed by atoms with E-state index in [4.69, 9.17) is 4.74 Å². The van der Waals surface area contributed by atoms with Crippen LogP contribution in [0.3, 0.4) is 0 Å². The Labute approximate surface area is 76.9 Å². The topological polar surface area (TPSA) is 50.4 Å². The molecule has 70 valence electrons. The van der Waals surface area contributed by atoms with Gasteiger partial charge in [0.2, 0.25) is 0 Å². The Morgan fingerprint density at radius 1 is 1.38 bits per heavy atom. The van der Waals surface area contributed by atoms with E-state index < -0.39 is 0 Å². The van der Waals surface area contributed by atoms with Crippen LogP contribution in [0.15, 0.2) is 24.3 Å². The minimum absolute atomic E-state index is 0.260. The van der Waals surface area contributed by atoms with Gasteiger partial charge in [0.1, 0.15) is 5.75 Å². The molecule has 2 amide bonds. The molecular formula is C9H12N2O2. The molecule has 0 unspecified atom stereocenters. The van der Waals surface area contributed by atoms with Gasteiger partial charge in [-0.3, -0.25) is 0 Å². The third-order valence-electron chi connectivity index (χ3n) is 1.58. The second-order valence-corrected chi connectivity index (χ2v) is 2.40. The number of rotatable bonds is 2. The summed E-state index contributed by atoms with van der Waals surface area (Å²) in [5.74, 6) is 0.645. The summed E-state index contributed by atoms with van der Waals surface area (Å²) in [7, 11) is 3.12. The number of urea groups is 1. The molecule has 0 aromatic heterocycles. The lowest BCUT2D eigenvalue weighted by molar-refractivity contribution is 0.254. The Morgan fingerprint density at radius 3 is 2.69 bits per heavy atom. The zero-order valence-electron chi connectivity index (χ0n) is 7.63. The van der Waals surface area contributed by atoms with Crippen molar-refractivity contribution in [2.45, 2.75) is 0 Å². The fraction of sp³-hybridized carbons (Fsp3) is 0.222. The van der Waals surface area contributed by atoms with E-state index in [1.807, 2.05) is 12.1 Å². The highest BCUT2D eigenvalue weighted by Crippen LogP contribution is 2.22. The van der Waals surface area contributed by atoms with E-state index in [-0.39, 0.29) is 6.03 Å². The number of carbonyl (C=O) groups excluding carboxylic acids is 1. The van der Waals surface area contributed by atoms with Gasteiger partial charge in [-0.1, -0.05) is 12.1 Å². The summed E-state index contributed by atoms with van der Waals surface area (Å²) >= 11 is 0. The summed E-state index contributed by atoms with van der Waals surface area (Å²) < 4.78 is 5.05. The predicted octanol–water partition coefficient (Wildman–Crippen LogP) is 1.45. The number of nitrogens with one attached hydrogen (secondary N) is 2. The highest BCUT2D eigenvalue weighted by atomic mass is 16.5. The van der Waals surface area contributed by atoms with Crippen molar-refractivity contribution in [3.05, 3.63) is 24.3 Å². The van der Waals surface area contributed by atoms with Crippen molar-refractivity contribution in [2.24, 2.45) is 0 Å². The molecule has 0 spiro atoms. The summed E-state index contributed by atoms with van der Waals surface area (Å²) in [5, 5.41) is 5.10. The number of methoxy groups -OCH3 is 1. The molecule has 1 rings (SSSR count). The van der Waals surface area contributed by atoms with Crippen LogP contribution in [-0.4, -0.2) is 20.2 Å². The quantitative estimate of drug-likeness (QED) is 0.723. The van der Waals surface area contributed by atoms with Gasteiger partial charge in [0.05, 0.1) is 12.8 Å². The molecule has 0 aliphatic carbocycles. The standard InChI is InChI=1S/C9H12N2O2/c1-10-9(12)11-7-5-3-4-6-8(7)13-2/h3-6H,1-2H3,(H2,10,11,12). The molecule has 0 aliphatic heterocycles. The van der Waals surface area contributed by atoms with Gasteiger partial charge in [-0.15, -0.1) is 0 Å². The summed E-state index contributed by atoms with van der Waals surface area (Å²) in [5.41, 5.74) is 0.657. The number of para-hydroxylation sites is 2. The minimum atomic E-state index is -0.260. The lowest BCUT2D eigenvalue weighted by atomic mass is 10.3. The normalized spacial score (nSPS) is 9.08. The van der Waals surface area contributed by atoms with Crippen LogP contribution >= 0.6 is 0 Å². The molecule has 1 aromatic rings. The van der Waals surface area contributed by atoms with Crippen LogP contribution in [0.4, 0.5) is 10.5 Å². The first-order valence-corrected chi connectivity index (χ1v) is 3.89. The van der Waals surface area contributed by atoms with Gasteiger partial charge in [-0.05, 0) is 12.1 Å². The average molecular weight is 180 g/mol. The second kappa shape index (κ2) is 4.35. The second-order valence-electron chi connectivity index (χ2n) is 2.40. The van der Waals surface area contributed by atoms with Gasteiger partial charge in [0, 0.05) is 7.05 Å². The number of amides is 2. The molecule has 0 bridgehead atoms. The summed E-state index contributed by atoms with van der Waals surface area (Å²) in [6.45, 7) is 0. The SMILES string of the molecule is CNC(=O)Nc1ccccc1OC. The monoisotopic (exact) mass is 180 g/mol. The van der Waals surface area contributed by atoms with Crippen LogP contribution in [0.1, 0.15) is 0 Å². The Morgan fingerprint density at radius 2 is 2.08 bits per heavy atom. The van der Waals surface area contributed by atoms with Crippen molar-refractivity contribution in [1.82, 2.24) is 5.32 Å². The van der Waals surface area contributed by atoms with Crippen LogP contribution in [0.5, 0.6) is 5.75 Å². The number of ether oxygens (including phenoxy) is 1. The fourth-order valence-electron chi connectivity index (χ4n) is 0.933. The third-order valence-corrected chi connectivity index (χ3v) is 1.58. The molecule has 13 heavy (non-hydrogen) atoms. The Balaban J connectivity index is 2.81. The van der Waals surface area contributed by atoms with Gasteiger partial charge < -0.3 is 15.4 Å². The Hall–Kier alpha value is -1.71. The minimum Gasteiger partial charge on any atom is -0.495 e. The van der Waals surface area contributed by atoms with Crippen LogP contribution < -0.4 is 15.4 Å². The first-order valence-electron chi connectivity index (χ1n) is 3.89. The van der Waals surface area contributed by atoms with E-state index in [0.717, 1.165) is 0 Å². The van der Waals surface area contributed by atoms with Gasteiger partial charge in [0.25, 0.3) is 0 Å². The lowest BCUT2D eigenvalue weighted by Crippen LogP contribution is -2.24. The number of benzene rings is 1. The summed E-state index contributed by atoms with van der Waals surface area (Å²) in [6, 6.07) is 6.96. The molecule has 0 fully saturated rings. The van der Waals surface area contributed by atoms with Crippen LogP contribution in [0, 0.1) is 0 Å².